The summed E-state index contributed by atoms with van der Waals surface area (Å²) in [6.07, 6.45) is 3.62. The molecule has 9 heteroatoms. The van der Waals surface area contributed by atoms with Gasteiger partial charge in [0.25, 0.3) is 0 Å². The van der Waals surface area contributed by atoms with Crippen molar-refractivity contribution in [2.24, 2.45) is 0 Å². The number of ether oxygens (including phenoxy) is 2. The Morgan fingerprint density at radius 1 is 1.00 bits per heavy atom. The van der Waals surface area contributed by atoms with E-state index in [1.165, 1.54) is 19.2 Å². The molecule has 170 valence electrons. The zero-order chi connectivity index (χ0) is 23.5. The van der Waals surface area contributed by atoms with Crippen LogP contribution < -0.4 is 14.8 Å². The van der Waals surface area contributed by atoms with Gasteiger partial charge >= 0.3 is 0 Å². The highest BCUT2D eigenvalue weighted by Crippen LogP contribution is 2.30. The Bertz CT molecular complexity index is 1290. The lowest BCUT2D eigenvalue weighted by Gasteiger charge is -2.19. The summed E-state index contributed by atoms with van der Waals surface area (Å²) in [6, 6.07) is 9.99. The summed E-state index contributed by atoms with van der Waals surface area (Å²) in [6.45, 7) is 5.81. The first-order chi connectivity index (χ1) is 15.9. The van der Waals surface area contributed by atoms with Gasteiger partial charge in [-0.25, -0.2) is 14.4 Å². The monoisotopic (exact) mass is 448 g/mol. The van der Waals surface area contributed by atoms with E-state index in [0.717, 1.165) is 22.5 Å². The van der Waals surface area contributed by atoms with E-state index in [1.54, 1.807) is 19.5 Å². The van der Waals surface area contributed by atoms with Gasteiger partial charge in [-0.15, -0.1) is 10.2 Å². The van der Waals surface area contributed by atoms with Gasteiger partial charge in [-0.3, -0.25) is 0 Å². The highest BCUT2D eigenvalue weighted by atomic mass is 19.1. The number of pyridine rings is 1. The SMILES string of the molecule is COc1cc(F)ccc1C(C)Nc1nnc(-c2ccc(-n3cnc(C)c3)c(OC)n2)cc1C. The van der Waals surface area contributed by atoms with Gasteiger partial charge in [0.1, 0.15) is 22.9 Å². The summed E-state index contributed by atoms with van der Waals surface area (Å²) >= 11 is 0. The average Bonchev–Trinajstić information content (AvgIpc) is 3.25. The van der Waals surface area contributed by atoms with E-state index in [1.807, 2.05) is 49.7 Å². The number of hydrogen-bond acceptors (Lipinski definition) is 7. The molecule has 0 saturated carbocycles. The number of anilines is 1. The van der Waals surface area contributed by atoms with Crippen molar-refractivity contribution in [2.75, 3.05) is 19.5 Å². The van der Waals surface area contributed by atoms with E-state index in [9.17, 15) is 4.39 Å². The maximum absolute atomic E-state index is 13.5. The Balaban J connectivity index is 1.59. The molecule has 1 aromatic carbocycles. The minimum absolute atomic E-state index is 0.171. The van der Waals surface area contributed by atoms with Crippen LogP contribution in [0.3, 0.4) is 0 Å². The molecule has 0 radical (unpaired) electrons. The molecule has 0 spiro atoms. The summed E-state index contributed by atoms with van der Waals surface area (Å²) in [5.41, 5.74) is 4.66. The summed E-state index contributed by atoms with van der Waals surface area (Å²) in [4.78, 5) is 8.87. The minimum atomic E-state index is -0.347. The first-order valence-corrected chi connectivity index (χ1v) is 10.4. The van der Waals surface area contributed by atoms with Gasteiger partial charge in [-0.1, -0.05) is 6.07 Å². The molecule has 1 atom stereocenters. The number of benzene rings is 1. The number of hydrogen-bond donors (Lipinski definition) is 1. The standard InChI is InChI=1S/C24H25FN6O2/c1-14-10-20(19-8-9-21(24(28-19)33-5)31-12-15(2)26-13-31)29-30-23(14)27-16(3)18-7-6-17(25)11-22(18)32-4/h6-13,16H,1-5H3,(H,27,30). The van der Waals surface area contributed by atoms with Crippen molar-refractivity contribution in [1.82, 2.24) is 24.7 Å². The number of methoxy groups -OCH3 is 2. The van der Waals surface area contributed by atoms with Crippen LogP contribution in [0.5, 0.6) is 11.6 Å². The number of aromatic nitrogens is 5. The molecule has 33 heavy (non-hydrogen) atoms. The van der Waals surface area contributed by atoms with Crippen LogP contribution >= 0.6 is 0 Å². The molecule has 4 rings (SSSR count). The maximum atomic E-state index is 13.5. The molecular formula is C24H25FN6O2. The lowest BCUT2D eigenvalue weighted by Crippen LogP contribution is -2.11. The predicted octanol–water partition coefficient (Wildman–Crippen LogP) is 4.67. The third-order valence-electron chi connectivity index (χ3n) is 5.29. The van der Waals surface area contributed by atoms with Crippen molar-refractivity contribution in [1.29, 1.82) is 0 Å². The molecular weight excluding hydrogens is 423 g/mol. The fraction of sp³-hybridized carbons (Fsp3) is 0.250. The highest BCUT2D eigenvalue weighted by Gasteiger charge is 2.16. The van der Waals surface area contributed by atoms with Crippen LogP contribution in [0.2, 0.25) is 0 Å². The van der Waals surface area contributed by atoms with Crippen LogP contribution in [0.25, 0.3) is 17.1 Å². The molecule has 0 aliphatic heterocycles. The Morgan fingerprint density at radius 2 is 1.82 bits per heavy atom. The van der Waals surface area contributed by atoms with Gasteiger partial charge < -0.3 is 19.4 Å². The van der Waals surface area contributed by atoms with Crippen molar-refractivity contribution in [3.63, 3.8) is 0 Å². The molecule has 1 unspecified atom stereocenters. The molecule has 3 aromatic heterocycles. The zero-order valence-electron chi connectivity index (χ0n) is 19.1. The molecule has 1 N–H and O–H groups in total. The van der Waals surface area contributed by atoms with Gasteiger partial charge in [-0.05, 0) is 50.6 Å². The van der Waals surface area contributed by atoms with Crippen LogP contribution in [-0.4, -0.2) is 39.0 Å². The minimum Gasteiger partial charge on any atom is -0.496 e. The second-order valence-corrected chi connectivity index (χ2v) is 7.66. The molecule has 0 amide bonds. The van der Waals surface area contributed by atoms with Crippen LogP contribution in [0.1, 0.15) is 29.8 Å². The second-order valence-electron chi connectivity index (χ2n) is 7.66. The zero-order valence-corrected chi connectivity index (χ0v) is 19.1. The topological polar surface area (TPSA) is 87.0 Å². The van der Waals surface area contributed by atoms with Crippen LogP contribution in [0.4, 0.5) is 10.2 Å². The largest absolute Gasteiger partial charge is 0.496 e. The summed E-state index contributed by atoms with van der Waals surface area (Å²) < 4.78 is 26.2. The number of halogens is 1. The molecule has 8 nitrogen and oxygen atoms in total. The lowest BCUT2D eigenvalue weighted by molar-refractivity contribution is 0.396. The van der Waals surface area contributed by atoms with Gasteiger partial charge in [0.2, 0.25) is 5.88 Å². The fourth-order valence-electron chi connectivity index (χ4n) is 3.55. The Morgan fingerprint density at radius 3 is 2.48 bits per heavy atom. The Labute approximate surface area is 191 Å². The first kappa shape index (κ1) is 22.2. The van der Waals surface area contributed by atoms with E-state index in [2.05, 4.69) is 25.5 Å². The molecule has 4 aromatic rings. The van der Waals surface area contributed by atoms with Crippen LogP contribution in [0, 0.1) is 19.7 Å². The fourth-order valence-corrected chi connectivity index (χ4v) is 3.55. The molecule has 3 heterocycles. The first-order valence-electron chi connectivity index (χ1n) is 10.4. The molecule has 0 bridgehead atoms. The van der Waals surface area contributed by atoms with Crippen LogP contribution in [-0.2, 0) is 0 Å². The van der Waals surface area contributed by atoms with Crippen molar-refractivity contribution in [3.05, 3.63) is 71.6 Å². The van der Waals surface area contributed by atoms with Gasteiger partial charge in [-0.2, -0.15) is 0 Å². The summed E-state index contributed by atoms with van der Waals surface area (Å²) in [5.74, 6) is 1.21. The van der Waals surface area contributed by atoms with Gasteiger partial charge in [0, 0.05) is 17.8 Å². The number of imidazole rings is 1. The van der Waals surface area contributed by atoms with E-state index in [0.29, 0.717) is 28.8 Å². The smallest absolute Gasteiger partial charge is 0.238 e. The normalized spacial score (nSPS) is 11.8. The molecule has 0 fully saturated rings. The Hall–Kier alpha value is -4.01. The number of aryl methyl sites for hydroxylation is 2. The van der Waals surface area contributed by atoms with E-state index in [-0.39, 0.29) is 11.9 Å². The third-order valence-corrected chi connectivity index (χ3v) is 5.29. The summed E-state index contributed by atoms with van der Waals surface area (Å²) in [5, 5.41) is 12.0. The van der Waals surface area contributed by atoms with Crippen molar-refractivity contribution in [3.8, 4) is 28.7 Å². The average molecular weight is 449 g/mol. The number of nitrogens with one attached hydrogen (secondary N) is 1. The van der Waals surface area contributed by atoms with Gasteiger partial charge in [0.15, 0.2) is 5.82 Å². The van der Waals surface area contributed by atoms with E-state index in [4.69, 9.17) is 9.47 Å². The maximum Gasteiger partial charge on any atom is 0.238 e. The summed E-state index contributed by atoms with van der Waals surface area (Å²) in [7, 11) is 3.10. The van der Waals surface area contributed by atoms with E-state index < -0.39 is 0 Å². The highest BCUT2D eigenvalue weighted by molar-refractivity contribution is 5.61. The van der Waals surface area contributed by atoms with Crippen molar-refractivity contribution in [2.45, 2.75) is 26.8 Å². The third kappa shape index (κ3) is 4.62. The van der Waals surface area contributed by atoms with E-state index >= 15 is 0 Å². The van der Waals surface area contributed by atoms with Crippen molar-refractivity contribution < 1.29 is 13.9 Å². The molecule has 0 aliphatic rings. The number of rotatable bonds is 7. The lowest BCUT2D eigenvalue weighted by atomic mass is 10.1. The quantitative estimate of drug-likeness (QED) is 0.440. The number of nitrogens with zero attached hydrogens (tertiary/aromatic N) is 5. The molecule has 0 saturated heterocycles. The van der Waals surface area contributed by atoms with Gasteiger partial charge in [0.05, 0.1) is 38.0 Å². The van der Waals surface area contributed by atoms with Crippen LogP contribution in [0.15, 0.2) is 48.9 Å². The second kappa shape index (κ2) is 9.23. The van der Waals surface area contributed by atoms with Crippen molar-refractivity contribution >= 4 is 5.82 Å². The molecule has 0 aliphatic carbocycles. The Kier molecular flexibility index (Phi) is 6.21. The predicted molar refractivity (Wildman–Crippen MR) is 123 cm³/mol.